The van der Waals surface area contributed by atoms with Crippen molar-refractivity contribution in [3.63, 3.8) is 0 Å². The summed E-state index contributed by atoms with van der Waals surface area (Å²) in [6.45, 7) is 4.70. The van der Waals surface area contributed by atoms with Crippen LogP contribution in [0.15, 0.2) is 10.6 Å². The molecule has 2 N–H and O–H groups in total. The molecule has 6 nitrogen and oxygen atoms in total. The Kier molecular flexibility index (Phi) is 3.31. The molecule has 0 aliphatic carbocycles. The van der Waals surface area contributed by atoms with Gasteiger partial charge >= 0.3 is 5.97 Å². The van der Waals surface area contributed by atoms with Gasteiger partial charge in [-0.2, -0.15) is 0 Å². The second kappa shape index (κ2) is 4.34. The van der Waals surface area contributed by atoms with Gasteiger partial charge in [-0.3, -0.25) is 14.9 Å². The van der Waals surface area contributed by atoms with Crippen LogP contribution < -0.4 is 5.32 Å². The Morgan fingerprint density at radius 1 is 1.56 bits per heavy atom. The van der Waals surface area contributed by atoms with Gasteiger partial charge in [-0.1, -0.05) is 5.16 Å². The van der Waals surface area contributed by atoms with Gasteiger partial charge in [0.25, 0.3) is 0 Å². The Hall–Kier alpha value is -1.85. The molecule has 0 unspecified atom stereocenters. The third-order valence-corrected chi connectivity index (χ3v) is 2.07. The van der Waals surface area contributed by atoms with Gasteiger partial charge in [-0.25, -0.2) is 0 Å². The number of amides is 1. The summed E-state index contributed by atoms with van der Waals surface area (Å²) in [7, 11) is 0. The zero-order chi connectivity index (χ0) is 12.3. The molecular formula is C10H14N2O4. The van der Waals surface area contributed by atoms with E-state index in [-0.39, 0.29) is 12.3 Å². The molecule has 0 atom stereocenters. The van der Waals surface area contributed by atoms with E-state index in [1.54, 1.807) is 13.0 Å². The molecule has 16 heavy (non-hydrogen) atoms. The zero-order valence-electron chi connectivity index (χ0n) is 9.40. The maximum atomic E-state index is 11.5. The highest BCUT2D eigenvalue weighted by Crippen LogP contribution is 2.21. The minimum Gasteiger partial charge on any atom is -0.481 e. The Labute approximate surface area is 92.6 Å². The first-order valence-corrected chi connectivity index (χ1v) is 4.78. The van der Waals surface area contributed by atoms with Crippen LogP contribution in [0.1, 0.15) is 26.0 Å². The van der Waals surface area contributed by atoms with Crippen molar-refractivity contribution in [1.82, 2.24) is 5.16 Å². The fraction of sp³-hybridized carbons (Fsp3) is 0.500. The predicted octanol–water partition coefficient (Wildman–Crippen LogP) is 1.42. The van der Waals surface area contributed by atoms with E-state index in [2.05, 4.69) is 10.5 Å². The molecule has 0 bridgehead atoms. The minimum absolute atomic E-state index is 0.123. The summed E-state index contributed by atoms with van der Waals surface area (Å²) in [6.07, 6.45) is -0.123. The standard InChI is InChI=1S/C10H14N2O4/c1-6-4-8(16-12-6)11-7(13)5-10(2,3)9(14)15/h4H,5H2,1-3H3,(H,11,13)(H,14,15). The van der Waals surface area contributed by atoms with Gasteiger partial charge in [0.2, 0.25) is 11.8 Å². The van der Waals surface area contributed by atoms with Gasteiger partial charge in [0, 0.05) is 12.5 Å². The molecule has 0 radical (unpaired) electrons. The summed E-state index contributed by atoms with van der Waals surface area (Å²) < 4.78 is 4.78. The van der Waals surface area contributed by atoms with Crippen molar-refractivity contribution in [2.24, 2.45) is 5.41 Å². The molecule has 1 rings (SSSR count). The highest BCUT2D eigenvalue weighted by Gasteiger charge is 2.30. The third kappa shape index (κ3) is 3.08. The third-order valence-electron chi connectivity index (χ3n) is 2.07. The number of aliphatic carboxylic acids is 1. The first kappa shape index (κ1) is 12.2. The quantitative estimate of drug-likeness (QED) is 0.809. The molecule has 1 aromatic heterocycles. The number of nitrogens with zero attached hydrogens (tertiary/aromatic N) is 1. The first-order valence-electron chi connectivity index (χ1n) is 4.78. The number of carbonyl (C=O) groups is 2. The summed E-state index contributed by atoms with van der Waals surface area (Å²) in [5.74, 6) is -1.20. The number of carboxylic acid groups (broad SMARTS) is 1. The highest BCUT2D eigenvalue weighted by atomic mass is 16.5. The summed E-state index contributed by atoms with van der Waals surface area (Å²) in [4.78, 5) is 22.3. The van der Waals surface area contributed by atoms with E-state index in [9.17, 15) is 9.59 Å². The van der Waals surface area contributed by atoms with Gasteiger partial charge in [-0.05, 0) is 20.8 Å². The molecule has 0 saturated carbocycles. The average Bonchev–Trinajstić information content (AvgIpc) is 2.49. The predicted molar refractivity (Wildman–Crippen MR) is 55.9 cm³/mol. The lowest BCUT2D eigenvalue weighted by molar-refractivity contribution is -0.149. The number of aromatic nitrogens is 1. The van der Waals surface area contributed by atoms with E-state index >= 15 is 0 Å². The van der Waals surface area contributed by atoms with Crippen LogP contribution in [0.25, 0.3) is 0 Å². The van der Waals surface area contributed by atoms with Crippen molar-refractivity contribution in [3.05, 3.63) is 11.8 Å². The second-order valence-electron chi connectivity index (χ2n) is 4.25. The van der Waals surface area contributed by atoms with Crippen molar-refractivity contribution in [2.45, 2.75) is 27.2 Å². The number of hydrogen-bond donors (Lipinski definition) is 2. The van der Waals surface area contributed by atoms with Gasteiger partial charge < -0.3 is 9.63 Å². The van der Waals surface area contributed by atoms with E-state index in [0.717, 1.165) is 0 Å². The lowest BCUT2D eigenvalue weighted by Crippen LogP contribution is -2.29. The summed E-state index contributed by atoms with van der Waals surface area (Å²) >= 11 is 0. The van der Waals surface area contributed by atoms with Crippen LogP contribution in [0.3, 0.4) is 0 Å². The van der Waals surface area contributed by atoms with Gasteiger partial charge in [0.15, 0.2) is 0 Å². The highest BCUT2D eigenvalue weighted by molar-refractivity contribution is 5.93. The Morgan fingerprint density at radius 2 is 2.19 bits per heavy atom. The molecule has 1 aromatic rings. The first-order chi connectivity index (χ1) is 7.31. The van der Waals surface area contributed by atoms with Crippen molar-refractivity contribution >= 4 is 17.8 Å². The van der Waals surface area contributed by atoms with E-state index in [0.29, 0.717) is 5.69 Å². The largest absolute Gasteiger partial charge is 0.481 e. The fourth-order valence-electron chi connectivity index (χ4n) is 1.08. The van der Waals surface area contributed by atoms with Crippen LogP contribution in [0.5, 0.6) is 0 Å². The van der Waals surface area contributed by atoms with Crippen molar-refractivity contribution < 1.29 is 19.2 Å². The number of carboxylic acids is 1. The van der Waals surface area contributed by atoms with E-state index in [1.807, 2.05) is 0 Å². The average molecular weight is 226 g/mol. The maximum Gasteiger partial charge on any atom is 0.309 e. The number of anilines is 1. The summed E-state index contributed by atoms with van der Waals surface area (Å²) in [5.41, 5.74) is -0.452. The summed E-state index contributed by atoms with van der Waals surface area (Å²) in [6, 6.07) is 1.56. The monoisotopic (exact) mass is 226 g/mol. The molecule has 6 heteroatoms. The molecule has 0 fully saturated rings. The Morgan fingerprint density at radius 3 is 2.62 bits per heavy atom. The normalized spacial score (nSPS) is 11.2. The van der Waals surface area contributed by atoms with E-state index < -0.39 is 17.3 Å². The van der Waals surface area contributed by atoms with Crippen molar-refractivity contribution in [1.29, 1.82) is 0 Å². The number of nitrogens with one attached hydrogen (secondary N) is 1. The maximum absolute atomic E-state index is 11.5. The van der Waals surface area contributed by atoms with Crippen LogP contribution >= 0.6 is 0 Å². The minimum atomic E-state index is -1.10. The molecule has 1 heterocycles. The van der Waals surface area contributed by atoms with Crippen LogP contribution in [0.2, 0.25) is 0 Å². The lowest BCUT2D eigenvalue weighted by Gasteiger charge is -2.17. The summed E-state index contributed by atoms with van der Waals surface area (Å²) in [5, 5.41) is 14.9. The van der Waals surface area contributed by atoms with Gasteiger partial charge in [0.05, 0.1) is 11.1 Å². The second-order valence-corrected chi connectivity index (χ2v) is 4.25. The smallest absolute Gasteiger partial charge is 0.309 e. The lowest BCUT2D eigenvalue weighted by atomic mass is 9.89. The molecule has 0 spiro atoms. The van der Waals surface area contributed by atoms with Crippen molar-refractivity contribution in [2.75, 3.05) is 5.32 Å². The van der Waals surface area contributed by atoms with Crippen LogP contribution in [0.4, 0.5) is 5.88 Å². The molecule has 0 aliphatic rings. The molecule has 0 aliphatic heterocycles. The van der Waals surface area contributed by atoms with Crippen LogP contribution in [0, 0.1) is 12.3 Å². The SMILES string of the molecule is Cc1cc(NC(=O)CC(C)(C)C(=O)O)on1. The van der Waals surface area contributed by atoms with Crippen molar-refractivity contribution in [3.8, 4) is 0 Å². The fourth-order valence-corrected chi connectivity index (χ4v) is 1.08. The van der Waals surface area contributed by atoms with E-state index in [1.165, 1.54) is 13.8 Å². The van der Waals surface area contributed by atoms with Crippen LogP contribution in [-0.2, 0) is 9.59 Å². The molecule has 1 amide bonds. The molecule has 0 saturated heterocycles. The van der Waals surface area contributed by atoms with Gasteiger partial charge in [-0.15, -0.1) is 0 Å². The topological polar surface area (TPSA) is 92.4 Å². The molecule has 88 valence electrons. The zero-order valence-corrected chi connectivity index (χ0v) is 9.40. The number of hydrogen-bond acceptors (Lipinski definition) is 4. The van der Waals surface area contributed by atoms with E-state index in [4.69, 9.17) is 9.63 Å². The number of rotatable bonds is 4. The Bertz CT molecular complexity index is 409. The molecular weight excluding hydrogens is 212 g/mol. The Balaban J connectivity index is 2.58. The number of carbonyl (C=O) groups excluding carboxylic acids is 1. The van der Waals surface area contributed by atoms with Crippen LogP contribution in [-0.4, -0.2) is 22.1 Å². The van der Waals surface area contributed by atoms with Gasteiger partial charge in [0.1, 0.15) is 0 Å². The number of aryl methyl sites for hydroxylation is 1. The molecule has 0 aromatic carbocycles.